The molecule has 0 spiro atoms. The molecule has 0 saturated heterocycles. The van der Waals surface area contributed by atoms with Gasteiger partial charge in [0.25, 0.3) is 5.56 Å². The molecular formula is C22H17ClN2O2S. The number of carbonyl (C=O) groups is 1. The van der Waals surface area contributed by atoms with Gasteiger partial charge in [0.05, 0.1) is 18.3 Å². The molecule has 0 atom stereocenters. The van der Waals surface area contributed by atoms with Crippen molar-refractivity contribution in [3.63, 3.8) is 0 Å². The molecule has 2 aromatic heterocycles. The highest BCUT2D eigenvalue weighted by molar-refractivity contribution is 7.17. The lowest BCUT2D eigenvalue weighted by molar-refractivity contribution is 0.0970. The number of aromatic nitrogens is 2. The second kappa shape index (κ2) is 7.70. The van der Waals surface area contributed by atoms with Gasteiger partial charge < -0.3 is 0 Å². The molecule has 28 heavy (non-hydrogen) atoms. The summed E-state index contributed by atoms with van der Waals surface area (Å²) >= 11 is 7.31. The molecule has 2 aromatic carbocycles. The molecule has 6 heteroatoms. The summed E-state index contributed by atoms with van der Waals surface area (Å²) in [7, 11) is 0. The van der Waals surface area contributed by atoms with Gasteiger partial charge in [0.15, 0.2) is 5.78 Å². The number of hydrogen-bond donors (Lipinski definition) is 0. The number of fused-ring (bicyclic) bond motifs is 1. The van der Waals surface area contributed by atoms with Gasteiger partial charge in [0, 0.05) is 21.5 Å². The number of thiophene rings is 1. The molecule has 4 aromatic rings. The number of Topliss-reactive ketones (excluding diaryl/α,β-unsaturated/α-hetero) is 1. The van der Waals surface area contributed by atoms with E-state index in [1.54, 1.807) is 24.3 Å². The van der Waals surface area contributed by atoms with E-state index >= 15 is 0 Å². The van der Waals surface area contributed by atoms with E-state index in [0.717, 1.165) is 17.5 Å². The van der Waals surface area contributed by atoms with Crippen molar-refractivity contribution in [3.8, 4) is 11.1 Å². The zero-order valence-corrected chi connectivity index (χ0v) is 16.8. The zero-order valence-electron chi connectivity index (χ0n) is 15.2. The molecule has 0 aliphatic heterocycles. The normalized spacial score (nSPS) is 11.1. The average Bonchev–Trinajstić information content (AvgIpc) is 3.15. The molecule has 4 rings (SSSR count). The van der Waals surface area contributed by atoms with Crippen molar-refractivity contribution in [3.05, 3.63) is 86.7 Å². The van der Waals surface area contributed by atoms with Crippen LogP contribution in [-0.4, -0.2) is 15.3 Å². The molecule has 0 N–H and O–H groups in total. The van der Waals surface area contributed by atoms with Crippen LogP contribution in [0, 0.1) is 0 Å². The Morgan fingerprint density at radius 2 is 1.82 bits per heavy atom. The molecule has 140 valence electrons. The molecule has 0 aliphatic rings. The maximum atomic E-state index is 13.1. The molecule has 4 nitrogen and oxygen atoms in total. The summed E-state index contributed by atoms with van der Waals surface area (Å²) in [6.07, 6.45) is 2.41. The van der Waals surface area contributed by atoms with Crippen molar-refractivity contribution < 1.29 is 4.79 Å². The highest BCUT2D eigenvalue weighted by Gasteiger charge is 2.15. The number of ketones is 1. The summed E-state index contributed by atoms with van der Waals surface area (Å²) in [5.41, 5.74) is 3.38. The molecular weight excluding hydrogens is 392 g/mol. The summed E-state index contributed by atoms with van der Waals surface area (Å²) in [5.74, 6) is -0.163. The van der Waals surface area contributed by atoms with E-state index in [-0.39, 0.29) is 17.9 Å². The Hall–Kier alpha value is -2.76. The van der Waals surface area contributed by atoms with Gasteiger partial charge >= 0.3 is 0 Å². The zero-order chi connectivity index (χ0) is 19.7. The van der Waals surface area contributed by atoms with Gasteiger partial charge in [0.2, 0.25) is 0 Å². The van der Waals surface area contributed by atoms with E-state index in [9.17, 15) is 9.59 Å². The summed E-state index contributed by atoms with van der Waals surface area (Å²) in [6.45, 7) is 2.04. The van der Waals surface area contributed by atoms with Crippen LogP contribution in [0.3, 0.4) is 0 Å². The molecule has 0 amide bonds. The Kier molecular flexibility index (Phi) is 5.11. The smallest absolute Gasteiger partial charge is 0.263 e. The second-order valence-corrected chi connectivity index (χ2v) is 7.78. The van der Waals surface area contributed by atoms with Crippen molar-refractivity contribution in [1.82, 2.24) is 9.55 Å². The van der Waals surface area contributed by atoms with Crippen molar-refractivity contribution in [2.45, 2.75) is 19.9 Å². The number of aryl methyl sites for hydroxylation is 1. The first-order valence-corrected chi connectivity index (χ1v) is 10.2. The summed E-state index contributed by atoms with van der Waals surface area (Å²) in [6, 6.07) is 14.8. The van der Waals surface area contributed by atoms with Crippen molar-refractivity contribution in [2.75, 3.05) is 0 Å². The van der Waals surface area contributed by atoms with Crippen LogP contribution in [0.5, 0.6) is 0 Å². The third kappa shape index (κ3) is 3.51. The fraction of sp³-hybridized carbons (Fsp3) is 0.136. The first-order valence-electron chi connectivity index (χ1n) is 8.91. The Labute approximate surface area is 171 Å². The number of benzene rings is 2. The minimum atomic E-state index is -0.205. The van der Waals surface area contributed by atoms with Gasteiger partial charge in [-0.2, -0.15) is 0 Å². The van der Waals surface area contributed by atoms with E-state index < -0.39 is 0 Å². The molecule has 0 bridgehead atoms. The van der Waals surface area contributed by atoms with E-state index in [1.165, 1.54) is 27.8 Å². The summed E-state index contributed by atoms with van der Waals surface area (Å²) < 4.78 is 1.37. The third-order valence-electron chi connectivity index (χ3n) is 4.71. The molecule has 0 aliphatic carbocycles. The van der Waals surface area contributed by atoms with E-state index in [4.69, 9.17) is 11.6 Å². The van der Waals surface area contributed by atoms with Gasteiger partial charge in [-0.3, -0.25) is 14.2 Å². The summed E-state index contributed by atoms with van der Waals surface area (Å²) in [4.78, 5) is 30.7. The molecule has 0 fully saturated rings. The van der Waals surface area contributed by atoms with Gasteiger partial charge in [-0.25, -0.2) is 4.98 Å². The van der Waals surface area contributed by atoms with Crippen LogP contribution in [0.4, 0.5) is 0 Å². The predicted octanol–water partition coefficient (Wildman–Crippen LogP) is 5.22. The van der Waals surface area contributed by atoms with E-state index in [2.05, 4.69) is 24.0 Å². The monoisotopic (exact) mass is 408 g/mol. The minimum Gasteiger partial charge on any atom is -0.292 e. The van der Waals surface area contributed by atoms with Crippen LogP contribution in [0.1, 0.15) is 22.8 Å². The Balaban J connectivity index is 1.72. The minimum absolute atomic E-state index is 0.0620. The van der Waals surface area contributed by atoms with E-state index in [1.807, 2.05) is 17.5 Å². The standard InChI is InChI=1S/C22H17ClN2O2S/c1-2-14-3-5-15(6-4-14)18-12-28-21-20(18)22(27)25(13-24-21)11-19(26)16-7-9-17(23)10-8-16/h3-10,12-13H,2,11H2,1H3. The van der Waals surface area contributed by atoms with Crippen LogP contribution < -0.4 is 5.56 Å². The lowest BCUT2D eigenvalue weighted by atomic mass is 10.0. The Bertz CT molecular complexity index is 1210. The number of halogens is 1. The number of nitrogens with zero attached hydrogens (tertiary/aromatic N) is 2. The van der Waals surface area contributed by atoms with Crippen LogP contribution in [-0.2, 0) is 13.0 Å². The van der Waals surface area contributed by atoms with Crippen molar-refractivity contribution >= 4 is 38.9 Å². The lowest BCUT2D eigenvalue weighted by Gasteiger charge is -2.06. The maximum absolute atomic E-state index is 13.1. The number of hydrogen-bond acceptors (Lipinski definition) is 4. The van der Waals surface area contributed by atoms with Crippen LogP contribution in [0.25, 0.3) is 21.3 Å². The summed E-state index contributed by atoms with van der Waals surface area (Å²) in [5, 5.41) is 3.07. The second-order valence-electron chi connectivity index (χ2n) is 6.49. The Morgan fingerprint density at radius 3 is 2.50 bits per heavy atom. The van der Waals surface area contributed by atoms with Gasteiger partial charge in [-0.1, -0.05) is 42.8 Å². The van der Waals surface area contributed by atoms with Crippen molar-refractivity contribution in [2.24, 2.45) is 0 Å². The number of carbonyl (C=O) groups excluding carboxylic acids is 1. The van der Waals surface area contributed by atoms with E-state index in [0.29, 0.717) is 20.8 Å². The first-order chi connectivity index (χ1) is 13.6. The highest BCUT2D eigenvalue weighted by atomic mass is 35.5. The van der Waals surface area contributed by atoms with Crippen LogP contribution in [0.2, 0.25) is 5.02 Å². The predicted molar refractivity (Wildman–Crippen MR) is 114 cm³/mol. The van der Waals surface area contributed by atoms with Gasteiger partial charge in [0.1, 0.15) is 4.83 Å². The van der Waals surface area contributed by atoms with Crippen LogP contribution >= 0.6 is 22.9 Å². The first kappa shape index (κ1) is 18.6. The topological polar surface area (TPSA) is 52.0 Å². The Morgan fingerprint density at radius 1 is 1.11 bits per heavy atom. The molecule has 0 radical (unpaired) electrons. The lowest BCUT2D eigenvalue weighted by Crippen LogP contribution is -2.24. The number of rotatable bonds is 5. The van der Waals surface area contributed by atoms with Gasteiger partial charge in [-0.15, -0.1) is 11.3 Å². The third-order valence-corrected chi connectivity index (χ3v) is 5.85. The SMILES string of the molecule is CCc1ccc(-c2csc3ncn(CC(=O)c4ccc(Cl)cc4)c(=O)c23)cc1. The average molecular weight is 409 g/mol. The fourth-order valence-electron chi connectivity index (χ4n) is 3.09. The molecule has 0 saturated carbocycles. The molecule has 0 unspecified atom stereocenters. The quantitative estimate of drug-likeness (QED) is 0.425. The maximum Gasteiger partial charge on any atom is 0.263 e. The van der Waals surface area contributed by atoms with Crippen molar-refractivity contribution in [1.29, 1.82) is 0 Å². The largest absolute Gasteiger partial charge is 0.292 e. The van der Waals surface area contributed by atoms with Gasteiger partial charge in [-0.05, 0) is 41.8 Å². The van der Waals surface area contributed by atoms with Crippen LogP contribution in [0.15, 0.2) is 65.0 Å². The fourth-order valence-corrected chi connectivity index (χ4v) is 4.13. The highest BCUT2D eigenvalue weighted by Crippen LogP contribution is 2.30. The molecule has 2 heterocycles.